The van der Waals surface area contributed by atoms with Crippen LogP contribution in [0.5, 0.6) is 0 Å². The lowest BCUT2D eigenvalue weighted by atomic mass is 10.1. The number of carbonyl (C=O) groups is 1. The first-order valence-electron chi connectivity index (χ1n) is 9.47. The second kappa shape index (κ2) is 7.72. The molecule has 7 heteroatoms. The molecule has 2 aliphatic heterocycles. The van der Waals surface area contributed by atoms with E-state index in [0.717, 1.165) is 63.5 Å². The summed E-state index contributed by atoms with van der Waals surface area (Å²) in [6, 6.07) is 3.69. The van der Waals surface area contributed by atoms with Crippen molar-refractivity contribution in [2.24, 2.45) is 0 Å². The van der Waals surface area contributed by atoms with Crippen LogP contribution in [0.15, 0.2) is 18.3 Å². The van der Waals surface area contributed by atoms with E-state index in [1.165, 1.54) is 11.3 Å². The number of likely N-dealkylation sites (N-methyl/N-ethyl adjacent to an activating group) is 1. The number of aromatic nitrogens is 2. The molecule has 26 heavy (non-hydrogen) atoms. The number of thiazole rings is 1. The first-order valence-corrected chi connectivity index (χ1v) is 10.3. The van der Waals surface area contributed by atoms with Crippen LogP contribution in [0.2, 0.25) is 0 Å². The molecule has 4 heterocycles. The summed E-state index contributed by atoms with van der Waals surface area (Å²) in [5.74, 6) is 0.681. The van der Waals surface area contributed by atoms with Crippen molar-refractivity contribution in [3.8, 4) is 0 Å². The van der Waals surface area contributed by atoms with Crippen molar-refractivity contribution in [2.45, 2.75) is 39.2 Å². The lowest BCUT2D eigenvalue weighted by molar-refractivity contribution is 0.102. The minimum atomic E-state index is -0.114. The van der Waals surface area contributed by atoms with E-state index in [-0.39, 0.29) is 5.91 Å². The zero-order chi connectivity index (χ0) is 17.9. The molecule has 0 saturated carbocycles. The number of carbonyl (C=O) groups excluding carboxylic acids is 1. The molecular weight excluding hydrogens is 346 g/mol. The van der Waals surface area contributed by atoms with Gasteiger partial charge in [-0.05, 0) is 37.9 Å². The highest BCUT2D eigenvalue weighted by Gasteiger charge is 2.23. The number of amides is 1. The van der Waals surface area contributed by atoms with Crippen molar-refractivity contribution in [1.29, 1.82) is 0 Å². The van der Waals surface area contributed by atoms with Gasteiger partial charge < -0.3 is 4.90 Å². The Kier molecular flexibility index (Phi) is 5.17. The standard InChI is InChI=1S/C19H25N5OS/c1-2-23-12-8-15-16(13-23)26-19(21-15)22-18(25)14-7-6-9-20-17(14)24-10-4-3-5-11-24/h6-7,9H,2-5,8,10-13H2,1H3,(H,21,22,25). The summed E-state index contributed by atoms with van der Waals surface area (Å²) in [5.41, 5.74) is 1.77. The Bertz CT molecular complexity index is 784. The van der Waals surface area contributed by atoms with Crippen LogP contribution in [-0.4, -0.2) is 47.0 Å². The smallest absolute Gasteiger partial charge is 0.261 e. The quantitative estimate of drug-likeness (QED) is 0.894. The van der Waals surface area contributed by atoms with Gasteiger partial charge in [-0.2, -0.15) is 0 Å². The molecule has 0 unspecified atom stereocenters. The van der Waals surface area contributed by atoms with Crippen LogP contribution in [0.1, 0.15) is 47.1 Å². The lowest BCUT2D eigenvalue weighted by Crippen LogP contribution is -2.32. The largest absolute Gasteiger partial charge is 0.356 e. The van der Waals surface area contributed by atoms with Gasteiger partial charge >= 0.3 is 0 Å². The molecule has 6 nitrogen and oxygen atoms in total. The number of nitrogens with one attached hydrogen (secondary N) is 1. The Balaban J connectivity index is 1.52. The predicted octanol–water partition coefficient (Wildman–Crippen LogP) is 3.16. The lowest BCUT2D eigenvalue weighted by Gasteiger charge is -2.28. The van der Waals surface area contributed by atoms with E-state index in [1.54, 1.807) is 17.5 Å². The average Bonchev–Trinajstić information content (AvgIpc) is 3.09. The molecule has 1 amide bonds. The van der Waals surface area contributed by atoms with Crippen molar-refractivity contribution in [2.75, 3.05) is 36.4 Å². The van der Waals surface area contributed by atoms with Gasteiger partial charge in [0.25, 0.3) is 5.91 Å². The van der Waals surface area contributed by atoms with E-state index in [0.29, 0.717) is 10.7 Å². The summed E-state index contributed by atoms with van der Waals surface area (Å²) in [5, 5.41) is 3.71. The maximum atomic E-state index is 12.9. The monoisotopic (exact) mass is 371 g/mol. The molecule has 2 aromatic rings. The van der Waals surface area contributed by atoms with Gasteiger partial charge in [-0.3, -0.25) is 15.0 Å². The van der Waals surface area contributed by atoms with Crippen LogP contribution < -0.4 is 10.2 Å². The number of hydrogen-bond donors (Lipinski definition) is 1. The summed E-state index contributed by atoms with van der Waals surface area (Å²) in [4.78, 5) is 27.9. The number of anilines is 2. The van der Waals surface area contributed by atoms with Gasteiger partial charge in [0.05, 0.1) is 11.3 Å². The van der Waals surface area contributed by atoms with Gasteiger partial charge in [0.1, 0.15) is 5.82 Å². The van der Waals surface area contributed by atoms with Crippen molar-refractivity contribution in [3.05, 3.63) is 34.5 Å². The van der Waals surface area contributed by atoms with Gasteiger partial charge in [-0.25, -0.2) is 9.97 Å². The predicted molar refractivity (Wildman–Crippen MR) is 105 cm³/mol. The highest BCUT2D eigenvalue weighted by atomic mass is 32.1. The van der Waals surface area contributed by atoms with Crippen molar-refractivity contribution >= 4 is 28.2 Å². The SMILES string of the molecule is CCN1CCc2nc(NC(=O)c3cccnc3N3CCCCC3)sc2C1. The van der Waals surface area contributed by atoms with Crippen LogP contribution in [0.25, 0.3) is 0 Å². The van der Waals surface area contributed by atoms with Gasteiger partial charge in [-0.15, -0.1) is 11.3 Å². The normalized spacial score (nSPS) is 17.8. The van der Waals surface area contributed by atoms with E-state index < -0.39 is 0 Å². The maximum Gasteiger partial charge on any atom is 0.261 e. The number of piperidine rings is 1. The van der Waals surface area contributed by atoms with E-state index in [1.807, 2.05) is 12.1 Å². The van der Waals surface area contributed by atoms with Crippen molar-refractivity contribution < 1.29 is 4.79 Å². The van der Waals surface area contributed by atoms with Gasteiger partial charge in [0.2, 0.25) is 0 Å². The fraction of sp³-hybridized carbons (Fsp3) is 0.526. The molecule has 0 radical (unpaired) electrons. The van der Waals surface area contributed by atoms with E-state index in [4.69, 9.17) is 0 Å². The van der Waals surface area contributed by atoms with Crippen LogP contribution in [0.4, 0.5) is 10.9 Å². The topological polar surface area (TPSA) is 61.4 Å². The number of nitrogens with zero attached hydrogens (tertiary/aromatic N) is 4. The third-order valence-electron chi connectivity index (χ3n) is 5.16. The van der Waals surface area contributed by atoms with Gasteiger partial charge in [0.15, 0.2) is 5.13 Å². The Hall–Kier alpha value is -1.99. The van der Waals surface area contributed by atoms with Gasteiger partial charge in [-0.1, -0.05) is 6.92 Å². The fourth-order valence-corrected chi connectivity index (χ4v) is 4.71. The van der Waals surface area contributed by atoms with Crippen molar-refractivity contribution in [3.63, 3.8) is 0 Å². The molecule has 4 rings (SSSR count). The maximum absolute atomic E-state index is 12.9. The zero-order valence-electron chi connectivity index (χ0n) is 15.2. The highest BCUT2D eigenvalue weighted by molar-refractivity contribution is 7.15. The molecule has 138 valence electrons. The summed E-state index contributed by atoms with van der Waals surface area (Å²) in [6.07, 6.45) is 6.30. The van der Waals surface area contributed by atoms with Crippen LogP contribution in [-0.2, 0) is 13.0 Å². The summed E-state index contributed by atoms with van der Waals surface area (Å²) in [6.45, 7) is 7.15. The zero-order valence-corrected chi connectivity index (χ0v) is 16.0. The Morgan fingerprint density at radius 3 is 2.92 bits per heavy atom. The molecule has 1 saturated heterocycles. The number of fused-ring (bicyclic) bond motifs is 1. The minimum absolute atomic E-state index is 0.114. The second-order valence-electron chi connectivity index (χ2n) is 6.88. The first kappa shape index (κ1) is 17.4. The number of hydrogen-bond acceptors (Lipinski definition) is 6. The van der Waals surface area contributed by atoms with Crippen LogP contribution >= 0.6 is 11.3 Å². The molecule has 1 fully saturated rings. The number of pyridine rings is 1. The third kappa shape index (κ3) is 3.59. The molecule has 0 atom stereocenters. The first-order chi connectivity index (χ1) is 12.7. The molecule has 0 aromatic carbocycles. The minimum Gasteiger partial charge on any atom is -0.356 e. The average molecular weight is 372 g/mol. The molecule has 0 spiro atoms. The molecular formula is C19H25N5OS. The summed E-state index contributed by atoms with van der Waals surface area (Å²) in [7, 11) is 0. The van der Waals surface area contributed by atoms with Gasteiger partial charge in [0, 0.05) is 43.7 Å². The Labute approximate surface area is 158 Å². The Morgan fingerprint density at radius 1 is 1.27 bits per heavy atom. The molecule has 2 aromatic heterocycles. The molecule has 2 aliphatic rings. The molecule has 0 bridgehead atoms. The van der Waals surface area contributed by atoms with Crippen LogP contribution in [0, 0.1) is 0 Å². The van der Waals surface area contributed by atoms with E-state index >= 15 is 0 Å². The number of rotatable bonds is 4. The summed E-state index contributed by atoms with van der Waals surface area (Å²) < 4.78 is 0. The molecule has 1 N–H and O–H groups in total. The van der Waals surface area contributed by atoms with Crippen molar-refractivity contribution in [1.82, 2.24) is 14.9 Å². The van der Waals surface area contributed by atoms with E-state index in [9.17, 15) is 4.79 Å². The Morgan fingerprint density at radius 2 is 2.12 bits per heavy atom. The second-order valence-corrected chi connectivity index (χ2v) is 7.97. The summed E-state index contributed by atoms with van der Waals surface area (Å²) >= 11 is 1.60. The highest BCUT2D eigenvalue weighted by Crippen LogP contribution is 2.29. The van der Waals surface area contributed by atoms with Crippen LogP contribution in [0.3, 0.4) is 0 Å². The van der Waals surface area contributed by atoms with E-state index in [2.05, 4.69) is 32.0 Å². The molecule has 0 aliphatic carbocycles. The third-order valence-corrected chi connectivity index (χ3v) is 6.16. The fourth-order valence-electron chi connectivity index (χ4n) is 3.67.